The van der Waals surface area contributed by atoms with Crippen molar-refractivity contribution in [1.29, 1.82) is 0 Å². The molecule has 5 nitrogen and oxygen atoms in total. The number of pyridine rings is 1. The number of hydrogen-bond donors (Lipinski definition) is 1. The predicted molar refractivity (Wildman–Crippen MR) is 70.8 cm³/mol. The van der Waals surface area contributed by atoms with Crippen molar-refractivity contribution in [1.82, 2.24) is 4.98 Å². The van der Waals surface area contributed by atoms with E-state index in [1.165, 1.54) is 7.11 Å². The molecule has 0 atom stereocenters. The van der Waals surface area contributed by atoms with Crippen LogP contribution in [-0.4, -0.2) is 18.1 Å². The Morgan fingerprint density at radius 2 is 2.00 bits per heavy atom. The van der Waals surface area contributed by atoms with E-state index in [9.17, 15) is 4.79 Å². The van der Waals surface area contributed by atoms with Gasteiger partial charge in [0.05, 0.1) is 7.11 Å². The zero-order valence-electron chi connectivity index (χ0n) is 10.5. The summed E-state index contributed by atoms with van der Waals surface area (Å²) in [5, 5.41) is 0. The SMILES string of the molecule is COC(=O)c1ccc(N)cc1OCc1ccncc1. The van der Waals surface area contributed by atoms with Crippen LogP contribution in [0, 0.1) is 0 Å². The molecule has 19 heavy (non-hydrogen) atoms. The molecule has 0 saturated carbocycles. The number of nitrogens with zero attached hydrogens (tertiary/aromatic N) is 1. The van der Waals surface area contributed by atoms with E-state index in [4.69, 9.17) is 15.2 Å². The third kappa shape index (κ3) is 3.22. The summed E-state index contributed by atoms with van der Waals surface area (Å²) < 4.78 is 10.3. The van der Waals surface area contributed by atoms with Crippen LogP contribution in [0.5, 0.6) is 5.75 Å². The number of anilines is 1. The number of benzene rings is 1. The van der Waals surface area contributed by atoms with Crippen molar-refractivity contribution in [2.24, 2.45) is 0 Å². The van der Waals surface area contributed by atoms with Crippen LogP contribution in [0.2, 0.25) is 0 Å². The van der Waals surface area contributed by atoms with Gasteiger partial charge in [-0.3, -0.25) is 4.98 Å². The van der Waals surface area contributed by atoms with Crippen molar-refractivity contribution >= 4 is 11.7 Å². The lowest BCUT2D eigenvalue weighted by atomic mass is 10.2. The van der Waals surface area contributed by atoms with E-state index in [-0.39, 0.29) is 0 Å². The van der Waals surface area contributed by atoms with Gasteiger partial charge < -0.3 is 15.2 Å². The van der Waals surface area contributed by atoms with E-state index in [0.717, 1.165) is 5.56 Å². The monoisotopic (exact) mass is 258 g/mol. The highest BCUT2D eigenvalue weighted by Gasteiger charge is 2.13. The predicted octanol–water partition coefficient (Wildman–Crippen LogP) is 2.03. The number of hydrogen-bond acceptors (Lipinski definition) is 5. The number of rotatable bonds is 4. The van der Waals surface area contributed by atoms with Gasteiger partial charge in [0.1, 0.15) is 17.9 Å². The first-order chi connectivity index (χ1) is 9.20. The first-order valence-corrected chi connectivity index (χ1v) is 5.70. The Morgan fingerprint density at radius 3 is 2.68 bits per heavy atom. The van der Waals surface area contributed by atoms with Gasteiger partial charge in [-0.25, -0.2) is 4.79 Å². The third-order valence-electron chi connectivity index (χ3n) is 2.55. The van der Waals surface area contributed by atoms with Crippen molar-refractivity contribution in [3.8, 4) is 5.75 Å². The minimum Gasteiger partial charge on any atom is -0.488 e. The largest absolute Gasteiger partial charge is 0.488 e. The van der Waals surface area contributed by atoms with Gasteiger partial charge in [-0.2, -0.15) is 0 Å². The quantitative estimate of drug-likeness (QED) is 0.671. The summed E-state index contributed by atoms with van der Waals surface area (Å²) in [7, 11) is 1.32. The fourth-order valence-electron chi connectivity index (χ4n) is 1.58. The van der Waals surface area contributed by atoms with Crippen LogP contribution in [0.25, 0.3) is 0 Å². The normalized spacial score (nSPS) is 9.95. The molecule has 0 radical (unpaired) electrons. The summed E-state index contributed by atoms with van der Waals surface area (Å²) in [5.41, 5.74) is 7.53. The van der Waals surface area contributed by atoms with E-state index in [2.05, 4.69) is 4.98 Å². The molecular weight excluding hydrogens is 244 g/mol. The third-order valence-corrected chi connectivity index (χ3v) is 2.55. The second-order valence-corrected chi connectivity index (χ2v) is 3.89. The number of methoxy groups -OCH3 is 1. The smallest absolute Gasteiger partial charge is 0.341 e. The summed E-state index contributed by atoms with van der Waals surface area (Å²) in [5.74, 6) is -0.0478. The highest BCUT2D eigenvalue weighted by Crippen LogP contribution is 2.23. The van der Waals surface area contributed by atoms with Crippen molar-refractivity contribution < 1.29 is 14.3 Å². The summed E-state index contributed by atoms with van der Waals surface area (Å²) in [6.45, 7) is 0.329. The summed E-state index contributed by atoms with van der Waals surface area (Å²) in [6, 6.07) is 8.50. The number of ether oxygens (including phenoxy) is 2. The molecule has 0 amide bonds. The maximum absolute atomic E-state index is 11.6. The minimum absolute atomic E-state index is 0.329. The van der Waals surface area contributed by atoms with Crippen molar-refractivity contribution in [3.05, 3.63) is 53.9 Å². The Balaban J connectivity index is 2.19. The second kappa shape index (κ2) is 5.86. The van der Waals surface area contributed by atoms with E-state index in [1.807, 2.05) is 12.1 Å². The topological polar surface area (TPSA) is 74.4 Å². The lowest BCUT2D eigenvalue weighted by molar-refractivity contribution is 0.0595. The number of nitrogen functional groups attached to an aromatic ring is 1. The van der Waals surface area contributed by atoms with Crippen LogP contribution < -0.4 is 10.5 Å². The Hall–Kier alpha value is -2.56. The number of aromatic nitrogens is 1. The van der Waals surface area contributed by atoms with Crippen molar-refractivity contribution in [2.75, 3.05) is 12.8 Å². The van der Waals surface area contributed by atoms with E-state index in [1.54, 1.807) is 30.6 Å². The fraction of sp³-hybridized carbons (Fsp3) is 0.143. The molecule has 0 aliphatic rings. The highest BCUT2D eigenvalue weighted by molar-refractivity contribution is 5.93. The molecule has 2 N–H and O–H groups in total. The van der Waals surface area contributed by atoms with Crippen LogP contribution in [0.4, 0.5) is 5.69 Å². The van der Waals surface area contributed by atoms with E-state index < -0.39 is 5.97 Å². The minimum atomic E-state index is -0.454. The molecule has 0 saturated heterocycles. The number of nitrogens with two attached hydrogens (primary N) is 1. The zero-order chi connectivity index (χ0) is 13.7. The van der Waals surface area contributed by atoms with Crippen molar-refractivity contribution in [2.45, 2.75) is 6.61 Å². The highest BCUT2D eigenvalue weighted by atomic mass is 16.5. The first kappa shape index (κ1) is 12.9. The Labute approximate surface area is 111 Å². The maximum atomic E-state index is 11.6. The zero-order valence-corrected chi connectivity index (χ0v) is 10.5. The number of carbonyl (C=O) groups is 1. The van der Waals surface area contributed by atoms with Crippen LogP contribution in [-0.2, 0) is 11.3 Å². The molecule has 0 bridgehead atoms. The molecule has 2 rings (SSSR count). The fourth-order valence-corrected chi connectivity index (χ4v) is 1.58. The molecule has 5 heteroatoms. The Bertz CT molecular complexity index is 570. The molecular formula is C14H14N2O3. The molecule has 0 fully saturated rings. The molecule has 2 aromatic rings. The van der Waals surface area contributed by atoms with Crippen LogP contribution >= 0.6 is 0 Å². The lowest BCUT2D eigenvalue weighted by Gasteiger charge is -2.11. The molecule has 1 aromatic heterocycles. The van der Waals surface area contributed by atoms with Gasteiger partial charge in [0, 0.05) is 24.1 Å². The first-order valence-electron chi connectivity index (χ1n) is 5.70. The van der Waals surface area contributed by atoms with Crippen LogP contribution in [0.15, 0.2) is 42.7 Å². The summed E-state index contributed by atoms with van der Waals surface area (Å²) >= 11 is 0. The lowest BCUT2D eigenvalue weighted by Crippen LogP contribution is -2.06. The van der Waals surface area contributed by atoms with Gasteiger partial charge >= 0.3 is 5.97 Å². The van der Waals surface area contributed by atoms with Gasteiger partial charge in [0.2, 0.25) is 0 Å². The molecule has 0 unspecified atom stereocenters. The van der Waals surface area contributed by atoms with Gasteiger partial charge in [0.25, 0.3) is 0 Å². The van der Waals surface area contributed by atoms with Gasteiger partial charge in [-0.15, -0.1) is 0 Å². The van der Waals surface area contributed by atoms with Crippen LogP contribution in [0.3, 0.4) is 0 Å². The number of esters is 1. The standard InChI is InChI=1S/C14H14N2O3/c1-18-14(17)12-3-2-11(15)8-13(12)19-9-10-4-6-16-7-5-10/h2-8H,9,15H2,1H3. The van der Waals surface area contributed by atoms with Crippen LogP contribution in [0.1, 0.15) is 15.9 Å². The van der Waals surface area contributed by atoms with Gasteiger partial charge in [-0.05, 0) is 29.8 Å². The summed E-state index contributed by atoms with van der Waals surface area (Å²) in [4.78, 5) is 15.5. The molecule has 0 aliphatic carbocycles. The summed E-state index contributed by atoms with van der Waals surface area (Å²) in [6.07, 6.45) is 3.36. The Morgan fingerprint density at radius 1 is 1.26 bits per heavy atom. The second-order valence-electron chi connectivity index (χ2n) is 3.89. The average Bonchev–Trinajstić information content (AvgIpc) is 2.45. The van der Waals surface area contributed by atoms with E-state index in [0.29, 0.717) is 23.6 Å². The number of carbonyl (C=O) groups excluding carboxylic acids is 1. The van der Waals surface area contributed by atoms with E-state index >= 15 is 0 Å². The molecule has 0 spiro atoms. The molecule has 98 valence electrons. The molecule has 1 heterocycles. The van der Waals surface area contributed by atoms with Gasteiger partial charge in [0.15, 0.2) is 0 Å². The van der Waals surface area contributed by atoms with Crippen molar-refractivity contribution in [3.63, 3.8) is 0 Å². The Kier molecular flexibility index (Phi) is 3.97. The maximum Gasteiger partial charge on any atom is 0.341 e. The molecule has 0 aliphatic heterocycles. The molecule has 1 aromatic carbocycles. The van der Waals surface area contributed by atoms with Gasteiger partial charge in [-0.1, -0.05) is 0 Å². The average molecular weight is 258 g/mol.